The van der Waals surface area contributed by atoms with E-state index in [9.17, 15) is 4.79 Å². The number of ketones is 1. The van der Waals surface area contributed by atoms with Crippen LogP contribution in [0.5, 0.6) is 11.5 Å². The quantitative estimate of drug-likeness (QED) is 0.351. The molecule has 0 unspecified atom stereocenters. The molecule has 2 atom stereocenters. The molecule has 3 aromatic rings. The number of pyridine rings is 1. The molecule has 1 N–H and O–H groups in total. The van der Waals surface area contributed by atoms with Gasteiger partial charge in [0.1, 0.15) is 11.5 Å². The Kier molecular flexibility index (Phi) is 7.97. The molecule has 0 bridgehead atoms. The van der Waals surface area contributed by atoms with E-state index in [1.165, 1.54) is 20.3 Å². The van der Waals surface area contributed by atoms with E-state index in [0.717, 1.165) is 11.1 Å². The van der Waals surface area contributed by atoms with Crippen molar-refractivity contribution in [2.24, 2.45) is 5.92 Å². The fourth-order valence-corrected chi connectivity index (χ4v) is 4.94. The smallest absolute Gasteiger partial charge is 0.223 e. The summed E-state index contributed by atoms with van der Waals surface area (Å²) in [6.45, 7) is 8.61. The highest BCUT2D eigenvalue weighted by Crippen LogP contribution is 2.46. The molecule has 1 aromatic carbocycles. The average Bonchev–Trinajstić information content (AvgIpc) is 3.29. The lowest BCUT2D eigenvalue weighted by atomic mass is 9.97. The summed E-state index contributed by atoms with van der Waals surface area (Å²) in [4.78, 5) is 26.1. The fourth-order valence-electron chi connectivity index (χ4n) is 4.24. The van der Waals surface area contributed by atoms with E-state index in [4.69, 9.17) is 47.4 Å². The lowest BCUT2D eigenvalue weighted by molar-refractivity contribution is -0.115. The molecule has 1 fully saturated rings. The molecule has 0 amide bonds. The van der Waals surface area contributed by atoms with Crippen LogP contribution in [-0.4, -0.2) is 54.2 Å². The zero-order valence-electron chi connectivity index (χ0n) is 20.6. The predicted molar refractivity (Wildman–Crippen MR) is 142 cm³/mol. The van der Waals surface area contributed by atoms with Gasteiger partial charge < -0.3 is 19.5 Å². The number of aromatic nitrogens is 3. The van der Waals surface area contributed by atoms with Crippen LogP contribution in [0.4, 0.5) is 5.95 Å². The molecule has 0 radical (unpaired) electrons. The SMILES string of the molecule is C=CC(=O)C[C@H]1COC[C@H]1Nc1ncc2cc(-c3c(Cl)c(OC)cc(OC)c3Cl)nc(C(C)C)c2n1. The first-order chi connectivity index (χ1) is 17.3. The second-order valence-electron chi connectivity index (χ2n) is 8.89. The minimum Gasteiger partial charge on any atom is -0.495 e. The maximum absolute atomic E-state index is 11.9. The second kappa shape index (κ2) is 11.0. The first-order valence-corrected chi connectivity index (χ1v) is 12.3. The van der Waals surface area contributed by atoms with Gasteiger partial charge in [-0.05, 0) is 18.1 Å². The summed E-state index contributed by atoms with van der Waals surface area (Å²) in [6, 6.07) is 3.41. The van der Waals surface area contributed by atoms with Crippen LogP contribution in [0.1, 0.15) is 31.9 Å². The summed E-state index contributed by atoms with van der Waals surface area (Å²) in [7, 11) is 3.06. The number of hydrogen-bond donors (Lipinski definition) is 1. The van der Waals surface area contributed by atoms with Gasteiger partial charge in [0, 0.05) is 35.6 Å². The van der Waals surface area contributed by atoms with Crippen LogP contribution in [0.3, 0.4) is 0 Å². The van der Waals surface area contributed by atoms with Crippen molar-refractivity contribution in [1.82, 2.24) is 15.0 Å². The lowest BCUT2D eigenvalue weighted by Gasteiger charge is -2.19. The van der Waals surface area contributed by atoms with Crippen LogP contribution in [0.15, 0.2) is 31.0 Å². The number of anilines is 1. The van der Waals surface area contributed by atoms with Crippen molar-refractivity contribution in [3.8, 4) is 22.8 Å². The molecule has 8 nitrogen and oxygen atoms in total. The van der Waals surface area contributed by atoms with Gasteiger partial charge in [-0.25, -0.2) is 9.97 Å². The van der Waals surface area contributed by atoms with E-state index < -0.39 is 0 Å². The minimum absolute atomic E-state index is 0.0120. The van der Waals surface area contributed by atoms with E-state index in [0.29, 0.717) is 63.9 Å². The number of hydrogen-bond acceptors (Lipinski definition) is 8. The number of allylic oxidation sites excluding steroid dienone is 1. The summed E-state index contributed by atoms with van der Waals surface area (Å²) in [5.41, 5.74) is 2.56. The van der Waals surface area contributed by atoms with Crippen molar-refractivity contribution in [1.29, 1.82) is 0 Å². The number of carbonyl (C=O) groups excluding carboxylic acids is 1. The van der Waals surface area contributed by atoms with Gasteiger partial charge in [0.25, 0.3) is 0 Å². The Morgan fingerprint density at radius 2 is 1.89 bits per heavy atom. The maximum Gasteiger partial charge on any atom is 0.223 e. The normalized spacial score (nSPS) is 17.4. The van der Waals surface area contributed by atoms with Gasteiger partial charge in [-0.1, -0.05) is 43.6 Å². The van der Waals surface area contributed by atoms with Crippen molar-refractivity contribution in [2.45, 2.75) is 32.2 Å². The number of methoxy groups -OCH3 is 2. The standard InChI is InChI=1S/C26H28Cl2N4O4/c1-6-16(33)7-15-11-36-12-18(15)31-26-29-10-14-8-17(30-24(13(2)3)25(14)32-26)21-22(27)19(34-4)9-20(35-5)23(21)28/h6,8-10,13,15,18H,1,7,11-12H2,2-5H3,(H,29,31,32)/t15-,18+/m0/s1. The van der Waals surface area contributed by atoms with Crippen molar-refractivity contribution in [3.05, 3.63) is 46.7 Å². The summed E-state index contributed by atoms with van der Waals surface area (Å²) >= 11 is 13.3. The molecule has 1 aliphatic rings. The molecule has 36 heavy (non-hydrogen) atoms. The summed E-state index contributed by atoms with van der Waals surface area (Å²) in [5.74, 6) is 1.37. The van der Waals surface area contributed by atoms with Crippen molar-refractivity contribution in [3.63, 3.8) is 0 Å². The van der Waals surface area contributed by atoms with Crippen molar-refractivity contribution in [2.75, 3.05) is 32.8 Å². The molecule has 190 valence electrons. The Morgan fingerprint density at radius 1 is 1.19 bits per heavy atom. The van der Waals surface area contributed by atoms with Crippen molar-refractivity contribution < 1.29 is 19.0 Å². The van der Waals surface area contributed by atoms with Gasteiger partial charge >= 0.3 is 0 Å². The predicted octanol–water partition coefficient (Wildman–Crippen LogP) is 5.71. The summed E-state index contributed by atoms with van der Waals surface area (Å²) in [6.07, 6.45) is 3.44. The van der Waals surface area contributed by atoms with Crippen LogP contribution < -0.4 is 14.8 Å². The van der Waals surface area contributed by atoms with Gasteiger partial charge in [0.05, 0.1) is 60.4 Å². The Labute approximate surface area is 220 Å². The number of halogens is 2. The third-order valence-electron chi connectivity index (χ3n) is 6.17. The Balaban J connectivity index is 1.76. The van der Waals surface area contributed by atoms with E-state index in [1.54, 1.807) is 12.3 Å². The largest absolute Gasteiger partial charge is 0.495 e. The summed E-state index contributed by atoms with van der Waals surface area (Å²) in [5, 5.41) is 4.79. The van der Waals surface area contributed by atoms with E-state index in [-0.39, 0.29) is 23.7 Å². The van der Waals surface area contributed by atoms with Gasteiger partial charge in [-0.15, -0.1) is 0 Å². The van der Waals surface area contributed by atoms with Crippen LogP contribution in [0.2, 0.25) is 10.0 Å². The Hall–Kier alpha value is -2.94. The number of nitrogens with one attached hydrogen (secondary N) is 1. The first kappa shape index (κ1) is 26.1. The van der Waals surface area contributed by atoms with Crippen LogP contribution in [0, 0.1) is 5.92 Å². The number of ether oxygens (including phenoxy) is 3. The highest BCUT2D eigenvalue weighted by molar-refractivity contribution is 6.41. The van der Waals surface area contributed by atoms with Gasteiger partial charge in [0.15, 0.2) is 5.78 Å². The lowest BCUT2D eigenvalue weighted by Crippen LogP contribution is -2.30. The third kappa shape index (κ3) is 5.12. The van der Waals surface area contributed by atoms with Crippen molar-refractivity contribution >= 4 is 45.8 Å². The summed E-state index contributed by atoms with van der Waals surface area (Å²) < 4.78 is 16.4. The van der Waals surface area contributed by atoms with Crippen LogP contribution >= 0.6 is 23.2 Å². The van der Waals surface area contributed by atoms with Crippen LogP contribution in [0.25, 0.3) is 22.2 Å². The highest BCUT2D eigenvalue weighted by Gasteiger charge is 2.30. The molecular weight excluding hydrogens is 503 g/mol. The molecule has 2 aromatic heterocycles. The zero-order valence-corrected chi connectivity index (χ0v) is 22.1. The number of benzene rings is 1. The van der Waals surface area contributed by atoms with Gasteiger partial charge in [-0.2, -0.15) is 0 Å². The monoisotopic (exact) mass is 530 g/mol. The average molecular weight is 531 g/mol. The zero-order chi connectivity index (χ0) is 26.0. The number of rotatable bonds is 9. The number of fused-ring (bicyclic) bond motifs is 1. The van der Waals surface area contributed by atoms with Gasteiger partial charge in [0.2, 0.25) is 5.95 Å². The fraction of sp³-hybridized carbons (Fsp3) is 0.385. The van der Waals surface area contributed by atoms with E-state index in [2.05, 4.69) is 16.9 Å². The second-order valence-corrected chi connectivity index (χ2v) is 9.64. The van der Waals surface area contributed by atoms with E-state index in [1.807, 2.05) is 19.9 Å². The number of carbonyl (C=O) groups is 1. The maximum atomic E-state index is 11.9. The molecule has 0 saturated carbocycles. The Morgan fingerprint density at radius 3 is 2.50 bits per heavy atom. The van der Waals surface area contributed by atoms with Gasteiger partial charge in [-0.3, -0.25) is 9.78 Å². The molecule has 3 heterocycles. The molecule has 4 rings (SSSR count). The molecule has 10 heteroatoms. The molecular formula is C26H28Cl2N4O4. The molecule has 0 aliphatic carbocycles. The van der Waals surface area contributed by atoms with Crippen LogP contribution in [-0.2, 0) is 9.53 Å². The number of nitrogens with zero attached hydrogens (tertiary/aromatic N) is 3. The first-order valence-electron chi connectivity index (χ1n) is 11.5. The molecule has 1 aliphatic heterocycles. The van der Waals surface area contributed by atoms with E-state index >= 15 is 0 Å². The highest BCUT2D eigenvalue weighted by atomic mass is 35.5. The minimum atomic E-state index is -0.0806. The molecule has 0 spiro atoms. The topological polar surface area (TPSA) is 95.5 Å². The molecule has 1 saturated heterocycles. The Bertz CT molecular complexity index is 1290. The third-order valence-corrected chi connectivity index (χ3v) is 6.92.